The van der Waals surface area contributed by atoms with E-state index < -0.39 is 6.10 Å². The number of thiophene rings is 1. The minimum absolute atomic E-state index is 0.488. The Morgan fingerprint density at radius 1 is 1.04 bits per heavy atom. The number of nitrogens with zero attached hydrogens (tertiary/aromatic N) is 4. The number of hydrogen-bond donors (Lipinski definition) is 1. The van der Waals surface area contributed by atoms with Crippen LogP contribution in [0.2, 0.25) is 0 Å². The van der Waals surface area contributed by atoms with Gasteiger partial charge in [-0.15, -0.1) is 11.3 Å². The van der Waals surface area contributed by atoms with Gasteiger partial charge in [-0.2, -0.15) is 5.10 Å². The lowest BCUT2D eigenvalue weighted by molar-refractivity contribution is 0.193. The number of rotatable bonds is 5. The van der Waals surface area contributed by atoms with E-state index in [0.717, 1.165) is 44.8 Å². The summed E-state index contributed by atoms with van der Waals surface area (Å²) in [7, 11) is 0. The molecule has 1 atom stereocenters. The third-order valence-corrected chi connectivity index (χ3v) is 6.45. The predicted molar refractivity (Wildman–Crippen MR) is 105 cm³/mol. The van der Waals surface area contributed by atoms with Crippen LogP contribution in [0.15, 0.2) is 17.5 Å². The highest BCUT2D eigenvalue weighted by atomic mass is 32.1. The fourth-order valence-electron chi connectivity index (χ4n) is 4.08. The Morgan fingerprint density at radius 2 is 1.85 bits per heavy atom. The minimum atomic E-state index is -0.488. The quantitative estimate of drug-likeness (QED) is 0.871. The second-order valence-electron chi connectivity index (χ2n) is 7.78. The van der Waals surface area contributed by atoms with Gasteiger partial charge in [-0.1, -0.05) is 6.42 Å². The highest BCUT2D eigenvalue weighted by Gasteiger charge is 2.19. The molecule has 4 heterocycles. The first kappa shape index (κ1) is 18.2. The van der Waals surface area contributed by atoms with E-state index in [4.69, 9.17) is 0 Å². The molecule has 6 heteroatoms. The van der Waals surface area contributed by atoms with E-state index in [9.17, 15) is 5.11 Å². The van der Waals surface area contributed by atoms with Crippen LogP contribution in [0.3, 0.4) is 0 Å². The summed E-state index contributed by atoms with van der Waals surface area (Å²) in [5, 5.41) is 16.7. The second-order valence-corrected chi connectivity index (χ2v) is 8.78. The predicted octanol–water partition coefficient (Wildman–Crippen LogP) is 3.39. The molecule has 0 amide bonds. The summed E-state index contributed by atoms with van der Waals surface area (Å²) >= 11 is 1.90. The Balaban J connectivity index is 1.37. The third-order valence-electron chi connectivity index (χ3n) is 5.48. The lowest BCUT2D eigenvalue weighted by Gasteiger charge is -2.25. The Morgan fingerprint density at radius 3 is 2.65 bits per heavy atom. The number of fused-ring (bicyclic) bond motifs is 1. The van der Waals surface area contributed by atoms with Crippen molar-refractivity contribution in [3.8, 4) is 0 Å². The molecule has 1 fully saturated rings. The van der Waals surface area contributed by atoms with Crippen molar-refractivity contribution < 1.29 is 5.11 Å². The molecule has 5 nitrogen and oxygen atoms in total. The summed E-state index contributed by atoms with van der Waals surface area (Å²) in [5.74, 6) is 0. The molecule has 0 aliphatic carbocycles. The first-order valence-electron chi connectivity index (χ1n) is 9.93. The molecular formula is C20H30N4OS. The molecule has 4 rings (SSSR count). The molecule has 2 aliphatic rings. The Bertz CT molecular complexity index is 717. The van der Waals surface area contributed by atoms with Crippen molar-refractivity contribution in [1.82, 2.24) is 19.6 Å². The van der Waals surface area contributed by atoms with Gasteiger partial charge in [0.2, 0.25) is 0 Å². The van der Waals surface area contributed by atoms with Crippen LogP contribution in [-0.4, -0.2) is 44.3 Å². The van der Waals surface area contributed by atoms with Gasteiger partial charge >= 0.3 is 0 Å². The normalized spacial score (nSPS) is 20.7. The highest BCUT2D eigenvalue weighted by Crippen LogP contribution is 2.23. The van der Waals surface area contributed by atoms with Crippen LogP contribution in [0.4, 0.5) is 0 Å². The zero-order valence-electron chi connectivity index (χ0n) is 15.7. The van der Waals surface area contributed by atoms with Crippen molar-refractivity contribution in [2.75, 3.05) is 19.6 Å². The van der Waals surface area contributed by atoms with Gasteiger partial charge in [0, 0.05) is 37.6 Å². The number of piperidine rings is 1. The van der Waals surface area contributed by atoms with Gasteiger partial charge in [0.05, 0.1) is 17.5 Å². The molecule has 0 aromatic carbocycles. The fraction of sp³-hybridized carbons (Fsp3) is 0.650. The first-order chi connectivity index (χ1) is 12.7. The maximum Gasteiger partial charge on any atom is 0.0950 e. The summed E-state index contributed by atoms with van der Waals surface area (Å²) in [6.07, 6.45) is 4.73. The zero-order chi connectivity index (χ0) is 17.9. The SMILES string of the molecule is CC(O)c1cc2n(n1)CCCN(Cc1cc(CN3CCCCC3)cs1)C2. The van der Waals surface area contributed by atoms with Crippen LogP contribution in [0.25, 0.3) is 0 Å². The Kier molecular flexibility index (Phi) is 5.74. The van der Waals surface area contributed by atoms with Crippen LogP contribution < -0.4 is 0 Å². The minimum Gasteiger partial charge on any atom is -0.387 e. The summed E-state index contributed by atoms with van der Waals surface area (Å²) in [4.78, 5) is 6.57. The van der Waals surface area contributed by atoms with Gasteiger partial charge in [-0.25, -0.2) is 0 Å². The van der Waals surface area contributed by atoms with Crippen molar-refractivity contribution in [3.63, 3.8) is 0 Å². The van der Waals surface area contributed by atoms with Gasteiger partial charge in [0.15, 0.2) is 0 Å². The highest BCUT2D eigenvalue weighted by molar-refractivity contribution is 7.10. The van der Waals surface area contributed by atoms with E-state index in [-0.39, 0.29) is 0 Å². The molecule has 2 aromatic heterocycles. The van der Waals surface area contributed by atoms with Crippen molar-refractivity contribution in [3.05, 3.63) is 39.3 Å². The number of hydrogen-bond acceptors (Lipinski definition) is 5. The van der Waals surface area contributed by atoms with E-state index in [1.54, 1.807) is 6.92 Å². The second kappa shape index (κ2) is 8.21. The van der Waals surface area contributed by atoms with Gasteiger partial charge in [0.25, 0.3) is 0 Å². The van der Waals surface area contributed by atoms with E-state index >= 15 is 0 Å². The van der Waals surface area contributed by atoms with Crippen LogP contribution in [0.1, 0.15) is 60.5 Å². The largest absolute Gasteiger partial charge is 0.387 e. The van der Waals surface area contributed by atoms with Crippen LogP contribution in [0, 0.1) is 0 Å². The smallest absolute Gasteiger partial charge is 0.0950 e. The third kappa shape index (κ3) is 4.36. The molecule has 0 spiro atoms. The molecule has 0 saturated carbocycles. The summed E-state index contributed by atoms with van der Waals surface area (Å²) in [5.41, 5.74) is 3.49. The maximum absolute atomic E-state index is 9.79. The summed E-state index contributed by atoms with van der Waals surface area (Å²) < 4.78 is 2.08. The molecule has 1 unspecified atom stereocenters. The lowest BCUT2D eigenvalue weighted by Crippen LogP contribution is -2.28. The number of aromatic nitrogens is 2. The van der Waals surface area contributed by atoms with E-state index in [1.807, 2.05) is 11.3 Å². The summed E-state index contributed by atoms with van der Waals surface area (Å²) in [6, 6.07) is 4.47. The van der Waals surface area contributed by atoms with Gasteiger partial charge < -0.3 is 5.11 Å². The van der Waals surface area contributed by atoms with Crippen LogP contribution in [-0.2, 0) is 26.2 Å². The first-order valence-corrected chi connectivity index (χ1v) is 10.8. The average Bonchev–Trinajstić information content (AvgIpc) is 3.19. The van der Waals surface area contributed by atoms with Crippen molar-refractivity contribution in [2.45, 2.75) is 64.9 Å². The molecule has 0 radical (unpaired) electrons. The van der Waals surface area contributed by atoms with Crippen LogP contribution in [0.5, 0.6) is 0 Å². The maximum atomic E-state index is 9.79. The Hall–Kier alpha value is -1.21. The number of aryl methyl sites for hydroxylation is 1. The molecule has 26 heavy (non-hydrogen) atoms. The molecule has 2 aromatic rings. The van der Waals surface area contributed by atoms with Crippen LogP contribution >= 0.6 is 11.3 Å². The van der Waals surface area contributed by atoms with E-state index in [2.05, 4.69) is 37.1 Å². The summed E-state index contributed by atoms with van der Waals surface area (Å²) in [6.45, 7) is 9.39. The topological polar surface area (TPSA) is 44.5 Å². The van der Waals surface area contributed by atoms with Crippen molar-refractivity contribution in [1.29, 1.82) is 0 Å². The monoisotopic (exact) mass is 374 g/mol. The molecule has 1 saturated heterocycles. The van der Waals surface area contributed by atoms with E-state index in [0.29, 0.717) is 0 Å². The number of aliphatic hydroxyl groups is 1. The van der Waals surface area contributed by atoms with Gasteiger partial charge in [-0.3, -0.25) is 14.5 Å². The standard InChI is InChI=1S/C20H30N4OS/c1-16(25)20-11-18-13-23(8-5-9-24(18)21-20)14-19-10-17(15-26-19)12-22-6-3-2-4-7-22/h10-11,15-16,25H,2-9,12-14H2,1H3. The number of likely N-dealkylation sites (tertiary alicyclic amines) is 1. The zero-order valence-corrected chi connectivity index (χ0v) is 16.5. The molecule has 2 aliphatic heterocycles. The van der Waals surface area contributed by atoms with Crippen molar-refractivity contribution >= 4 is 11.3 Å². The number of aliphatic hydroxyl groups excluding tert-OH is 1. The molecule has 0 bridgehead atoms. The van der Waals surface area contributed by atoms with Gasteiger partial charge in [0.1, 0.15) is 0 Å². The van der Waals surface area contributed by atoms with Gasteiger partial charge in [-0.05, 0) is 62.4 Å². The van der Waals surface area contributed by atoms with Crippen molar-refractivity contribution in [2.24, 2.45) is 0 Å². The molecule has 1 N–H and O–H groups in total. The average molecular weight is 375 g/mol. The Labute approximate surface area is 160 Å². The molecular weight excluding hydrogens is 344 g/mol. The lowest BCUT2D eigenvalue weighted by atomic mass is 10.1. The molecule has 142 valence electrons. The van der Waals surface area contributed by atoms with E-state index in [1.165, 1.54) is 48.5 Å². The fourth-order valence-corrected chi connectivity index (χ4v) is 5.00.